The fourth-order valence-electron chi connectivity index (χ4n) is 2.43. The zero-order chi connectivity index (χ0) is 20.0. The summed E-state index contributed by atoms with van der Waals surface area (Å²) in [4.78, 5) is 23.5. The molecule has 0 unspecified atom stereocenters. The maximum atomic E-state index is 12.0. The molecule has 0 heterocycles. The Kier molecular flexibility index (Phi) is 6.70. The van der Waals surface area contributed by atoms with Gasteiger partial charge in [0.05, 0.1) is 12.0 Å². The van der Waals surface area contributed by atoms with E-state index in [2.05, 4.69) is 0 Å². The summed E-state index contributed by atoms with van der Waals surface area (Å²) in [5, 5.41) is 5.04. The van der Waals surface area contributed by atoms with Crippen LogP contribution in [0.25, 0.3) is 0 Å². The molecule has 0 spiro atoms. The molecule has 2 aromatic carbocycles. The molecule has 27 heavy (non-hydrogen) atoms. The number of primary sulfonamides is 1. The van der Waals surface area contributed by atoms with Gasteiger partial charge in [-0.2, -0.15) is 0 Å². The molecule has 0 radical (unpaired) electrons. The molecule has 2 aromatic rings. The van der Waals surface area contributed by atoms with Crippen LogP contribution in [0.1, 0.15) is 34.8 Å². The van der Waals surface area contributed by atoms with Gasteiger partial charge in [-0.05, 0) is 49.2 Å². The number of carbonyl (C=O) groups is 2. The van der Waals surface area contributed by atoms with Gasteiger partial charge < -0.3 is 9.47 Å². The number of benzene rings is 2. The zero-order valence-corrected chi connectivity index (χ0v) is 15.9. The highest BCUT2D eigenvalue weighted by molar-refractivity contribution is 7.89. The highest BCUT2D eigenvalue weighted by atomic mass is 32.2. The van der Waals surface area contributed by atoms with Crippen molar-refractivity contribution in [3.05, 3.63) is 59.2 Å². The Bertz CT molecular complexity index is 935. The lowest BCUT2D eigenvalue weighted by Crippen LogP contribution is -2.12. The summed E-state index contributed by atoms with van der Waals surface area (Å²) in [5.74, 6) is 0.0281. The Morgan fingerprint density at radius 3 is 2.30 bits per heavy atom. The number of sulfonamides is 1. The number of aryl methyl sites for hydroxylation is 1. The van der Waals surface area contributed by atoms with Gasteiger partial charge >= 0.3 is 5.97 Å². The van der Waals surface area contributed by atoms with Gasteiger partial charge in [0.25, 0.3) is 0 Å². The molecule has 0 saturated heterocycles. The summed E-state index contributed by atoms with van der Waals surface area (Å²) < 4.78 is 32.9. The van der Waals surface area contributed by atoms with E-state index in [1.165, 1.54) is 26.2 Å². The van der Waals surface area contributed by atoms with Crippen molar-refractivity contribution in [3.8, 4) is 5.75 Å². The Hall–Kier alpha value is -2.71. The molecule has 2 rings (SSSR count). The number of hydrogen-bond donors (Lipinski definition) is 1. The molecule has 0 aromatic heterocycles. The van der Waals surface area contributed by atoms with E-state index in [0.29, 0.717) is 23.3 Å². The second-order valence-electron chi connectivity index (χ2n) is 5.93. The van der Waals surface area contributed by atoms with Gasteiger partial charge in [0.15, 0.2) is 5.78 Å². The van der Waals surface area contributed by atoms with Crippen molar-refractivity contribution >= 4 is 21.8 Å². The van der Waals surface area contributed by atoms with Crippen molar-refractivity contribution in [2.24, 2.45) is 5.14 Å². The number of esters is 1. The van der Waals surface area contributed by atoms with E-state index in [0.717, 1.165) is 5.56 Å². The summed E-state index contributed by atoms with van der Waals surface area (Å²) in [7, 11) is -2.23. The molecule has 7 nitrogen and oxygen atoms in total. The minimum Gasteiger partial charge on any atom is -0.496 e. The van der Waals surface area contributed by atoms with Crippen LogP contribution in [0.5, 0.6) is 5.75 Å². The van der Waals surface area contributed by atoms with Crippen LogP contribution in [0.15, 0.2) is 47.4 Å². The number of nitrogens with two attached hydrogens (primary N) is 1. The normalized spacial score (nSPS) is 11.1. The van der Waals surface area contributed by atoms with Gasteiger partial charge in [-0.1, -0.05) is 12.1 Å². The second kappa shape index (κ2) is 8.79. The van der Waals surface area contributed by atoms with E-state index in [1.54, 1.807) is 30.3 Å². The first-order valence-electron chi connectivity index (χ1n) is 8.16. The van der Waals surface area contributed by atoms with E-state index < -0.39 is 16.0 Å². The maximum Gasteiger partial charge on any atom is 0.306 e. The number of ketones is 1. The number of rotatable bonds is 8. The van der Waals surface area contributed by atoms with Gasteiger partial charge in [-0.3, -0.25) is 9.59 Å². The Balaban J connectivity index is 1.93. The first-order chi connectivity index (χ1) is 12.7. The number of carbonyl (C=O) groups excluding carboxylic acids is 2. The fraction of sp³-hybridized carbons (Fsp3) is 0.263. The lowest BCUT2D eigenvalue weighted by molar-refractivity contribution is -0.144. The topological polar surface area (TPSA) is 113 Å². The van der Waals surface area contributed by atoms with Crippen molar-refractivity contribution in [2.45, 2.75) is 31.3 Å². The second-order valence-corrected chi connectivity index (χ2v) is 7.49. The van der Waals surface area contributed by atoms with Crippen LogP contribution in [-0.4, -0.2) is 27.3 Å². The fourth-order valence-corrected chi connectivity index (χ4v) is 2.95. The molecule has 144 valence electrons. The van der Waals surface area contributed by atoms with Crippen molar-refractivity contribution in [2.75, 3.05) is 7.11 Å². The van der Waals surface area contributed by atoms with Gasteiger partial charge in [-0.25, -0.2) is 13.6 Å². The zero-order valence-electron chi connectivity index (χ0n) is 15.1. The van der Waals surface area contributed by atoms with E-state index in [1.807, 2.05) is 0 Å². The third-order valence-corrected chi connectivity index (χ3v) is 4.87. The summed E-state index contributed by atoms with van der Waals surface area (Å²) in [6, 6.07) is 11.0. The molecule has 0 aliphatic rings. The average molecular weight is 391 g/mol. The van der Waals surface area contributed by atoms with Crippen LogP contribution < -0.4 is 9.88 Å². The van der Waals surface area contributed by atoms with E-state index in [4.69, 9.17) is 14.6 Å². The summed E-state index contributed by atoms with van der Waals surface area (Å²) in [6.45, 7) is 1.45. The first-order valence-corrected chi connectivity index (χ1v) is 9.70. The van der Waals surface area contributed by atoms with Crippen LogP contribution in [0.2, 0.25) is 0 Å². The highest BCUT2D eigenvalue weighted by Gasteiger charge is 2.11. The van der Waals surface area contributed by atoms with Gasteiger partial charge in [-0.15, -0.1) is 0 Å². The van der Waals surface area contributed by atoms with E-state index >= 15 is 0 Å². The smallest absolute Gasteiger partial charge is 0.306 e. The van der Waals surface area contributed by atoms with E-state index in [-0.39, 0.29) is 23.7 Å². The lowest BCUT2D eigenvalue weighted by Gasteiger charge is -2.11. The summed E-state index contributed by atoms with van der Waals surface area (Å²) in [5.41, 5.74) is 1.91. The van der Waals surface area contributed by atoms with Crippen molar-refractivity contribution in [1.82, 2.24) is 0 Å². The predicted molar refractivity (Wildman–Crippen MR) is 98.9 cm³/mol. The molecule has 0 aliphatic carbocycles. The minimum atomic E-state index is -3.73. The molecule has 0 aliphatic heterocycles. The van der Waals surface area contributed by atoms with Crippen molar-refractivity contribution < 1.29 is 27.5 Å². The molecular weight excluding hydrogens is 370 g/mol. The maximum absolute atomic E-state index is 12.0. The number of methoxy groups -OCH3 is 1. The lowest BCUT2D eigenvalue weighted by atomic mass is 10.1. The molecule has 0 saturated carbocycles. The van der Waals surface area contributed by atoms with Gasteiger partial charge in [0, 0.05) is 17.5 Å². The van der Waals surface area contributed by atoms with E-state index in [9.17, 15) is 18.0 Å². The van der Waals surface area contributed by atoms with Crippen LogP contribution in [0, 0.1) is 0 Å². The van der Waals surface area contributed by atoms with Crippen LogP contribution in [0.4, 0.5) is 0 Å². The first kappa shape index (κ1) is 20.6. The Labute approximate surface area is 158 Å². The average Bonchev–Trinajstić information content (AvgIpc) is 2.64. The number of hydrogen-bond acceptors (Lipinski definition) is 6. The monoisotopic (exact) mass is 391 g/mol. The molecule has 2 N–H and O–H groups in total. The number of Topliss-reactive ketones (excluding diaryl/α,β-unsaturated/α-hetero) is 1. The Morgan fingerprint density at radius 2 is 1.74 bits per heavy atom. The van der Waals surface area contributed by atoms with Crippen LogP contribution in [0.3, 0.4) is 0 Å². The Morgan fingerprint density at radius 1 is 1.07 bits per heavy atom. The van der Waals surface area contributed by atoms with Gasteiger partial charge in [0.2, 0.25) is 10.0 Å². The van der Waals surface area contributed by atoms with Crippen LogP contribution >= 0.6 is 0 Å². The molecular formula is C19H21NO6S. The SMILES string of the molecule is COc1ccc(C(C)=O)cc1COC(=O)CCc1ccc(S(N)(=O)=O)cc1. The molecule has 8 heteroatoms. The quantitative estimate of drug-likeness (QED) is 0.545. The number of ether oxygens (including phenoxy) is 2. The van der Waals surface area contributed by atoms with Crippen LogP contribution in [-0.2, 0) is 32.6 Å². The highest BCUT2D eigenvalue weighted by Crippen LogP contribution is 2.21. The third kappa shape index (κ3) is 5.90. The van der Waals surface area contributed by atoms with Gasteiger partial charge in [0.1, 0.15) is 12.4 Å². The summed E-state index contributed by atoms with van der Waals surface area (Å²) in [6.07, 6.45) is 0.526. The van der Waals surface area contributed by atoms with Crippen molar-refractivity contribution in [3.63, 3.8) is 0 Å². The standard InChI is InChI=1S/C19H21NO6S/c1-13(21)15-6-9-18(25-2)16(11-15)12-26-19(22)10-5-14-3-7-17(8-4-14)27(20,23)24/h3-4,6-9,11H,5,10,12H2,1-2H3,(H2,20,23,24). The third-order valence-electron chi connectivity index (χ3n) is 3.95. The molecule has 0 bridgehead atoms. The molecule has 0 amide bonds. The van der Waals surface area contributed by atoms with Crippen molar-refractivity contribution in [1.29, 1.82) is 0 Å². The largest absolute Gasteiger partial charge is 0.496 e. The molecule has 0 fully saturated rings. The predicted octanol–water partition coefficient (Wildman–Crippen LogP) is 2.22. The minimum absolute atomic E-state index is 0.00647. The molecule has 0 atom stereocenters. The summed E-state index contributed by atoms with van der Waals surface area (Å²) >= 11 is 0.